The molecule has 1 unspecified atom stereocenters. The Morgan fingerprint density at radius 2 is 1.87 bits per heavy atom. The maximum atomic E-state index is 6.20. The lowest BCUT2D eigenvalue weighted by molar-refractivity contribution is 0.301. The molecule has 2 nitrogen and oxygen atoms in total. The molecule has 0 saturated heterocycles. The van der Waals surface area contributed by atoms with Crippen LogP contribution in [0.5, 0.6) is 5.75 Å². The Kier molecular flexibility index (Phi) is 7.22. The van der Waals surface area contributed by atoms with Gasteiger partial charge in [-0.25, -0.2) is 0 Å². The minimum atomic E-state index is 0.344. The Balaban J connectivity index is 2.13. The molecule has 2 rings (SSSR count). The number of ether oxygens (including phenoxy) is 1. The third kappa shape index (κ3) is 5.39. The molecule has 0 radical (unpaired) electrons. The lowest BCUT2D eigenvalue weighted by Crippen LogP contribution is -2.24. The highest BCUT2D eigenvalue weighted by molar-refractivity contribution is 9.10. The van der Waals surface area contributed by atoms with E-state index in [0.29, 0.717) is 22.7 Å². The van der Waals surface area contributed by atoms with Gasteiger partial charge in [-0.1, -0.05) is 52.1 Å². The number of hydrogen-bond donors (Lipinski definition) is 1. The van der Waals surface area contributed by atoms with Crippen LogP contribution in [-0.2, 0) is 13.2 Å². The number of halogens is 3. The van der Waals surface area contributed by atoms with Gasteiger partial charge in [-0.3, -0.25) is 0 Å². The first kappa shape index (κ1) is 18.6. The monoisotopic (exact) mass is 415 g/mol. The van der Waals surface area contributed by atoms with E-state index in [-0.39, 0.29) is 0 Å². The molecular weight excluding hydrogens is 397 g/mol. The minimum Gasteiger partial charge on any atom is -0.488 e. The molecule has 0 aliphatic rings. The van der Waals surface area contributed by atoms with Gasteiger partial charge in [0, 0.05) is 38.2 Å². The van der Waals surface area contributed by atoms with Gasteiger partial charge in [0.2, 0.25) is 0 Å². The van der Waals surface area contributed by atoms with Gasteiger partial charge in [0.1, 0.15) is 12.4 Å². The van der Waals surface area contributed by atoms with Crippen molar-refractivity contribution in [2.24, 2.45) is 0 Å². The molecule has 1 atom stereocenters. The average Bonchev–Trinajstić information content (AvgIpc) is 2.53. The van der Waals surface area contributed by atoms with E-state index in [9.17, 15) is 0 Å². The summed E-state index contributed by atoms with van der Waals surface area (Å²) in [5, 5.41) is 4.72. The lowest BCUT2D eigenvalue weighted by atomic mass is 10.1. The summed E-state index contributed by atoms with van der Waals surface area (Å²) in [6, 6.07) is 11.9. The molecule has 23 heavy (non-hydrogen) atoms. The quantitative estimate of drug-likeness (QED) is 0.578. The van der Waals surface area contributed by atoms with Crippen molar-refractivity contribution in [1.29, 1.82) is 0 Å². The van der Waals surface area contributed by atoms with Crippen molar-refractivity contribution in [3.63, 3.8) is 0 Å². The highest BCUT2D eigenvalue weighted by atomic mass is 79.9. The van der Waals surface area contributed by atoms with E-state index in [2.05, 4.69) is 41.2 Å². The van der Waals surface area contributed by atoms with Gasteiger partial charge in [-0.05, 0) is 43.7 Å². The summed E-state index contributed by atoms with van der Waals surface area (Å²) in [7, 11) is 0. The van der Waals surface area contributed by atoms with E-state index in [0.717, 1.165) is 34.3 Å². The van der Waals surface area contributed by atoms with Gasteiger partial charge in [-0.2, -0.15) is 0 Å². The molecule has 124 valence electrons. The Bertz CT molecular complexity index is 643. The number of hydrogen-bond acceptors (Lipinski definition) is 2. The summed E-state index contributed by atoms with van der Waals surface area (Å²) in [5.41, 5.74) is 1.91. The highest BCUT2D eigenvalue weighted by Crippen LogP contribution is 2.28. The molecule has 0 saturated carbocycles. The van der Waals surface area contributed by atoms with Crippen LogP contribution in [0.1, 0.15) is 31.4 Å². The fourth-order valence-corrected chi connectivity index (χ4v) is 2.99. The number of rotatable bonds is 7. The Morgan fingerprint density at radius 1 is 1.17 bits per heavy atom. The number of nitrogens with one attached hydrogen (secondary N) is 1. The second-order valence-electron chi connectivity index (χ2n) is 5.43. The summed E-state index contributed by atoms with van der Waals surface area (Å²) in [4.78, 5) is 0. The number of benzene rings is 2. The van der Waals surface area contributed by atoms with Crippen molar-refractivity contribution < 1.29 is 4.74 Å². The Hall–Kier alpha value is -0.740. The summed E-state index contributed by atoms with van der Waals surface area (Å²) in [6.07, 6.45) is 1.08. The van der Waals surface area contributed by atoms with Crippen LogP contribution in [0.4, 0.5) is 0 Å². The molecule has 2 aromatic rings. The lowest BCUT2D eigenvalue weighted by Gasteiger charge is -2.16. The topological polar surface area (TPSA) is 21.3 Å². The van der Waals surface area contributed by atoms with Crippen molar-refractivity contribution >= 4 is 39.1 Å². The van der Waals surface area contributed by atoms with Crippen molar-refractivity contribution in [2.45, 2.75) is 39.5 Å². The third-order valence-corrected chi connectivity index (χ3v) is 4.91. The molecule has 5 heteroatoms. The molecule has 2 aromatic carbocycles. The maximum absolute atomic E-state index is 6.20. The summed E-state index contributed by atoms with van der Waals surface area (Å²) >= 11 is 15.9. The third-order valence-electron chi connectivity index (χ3n) is 3.71. The fourth-order valence-electron chi connectivity index (χ4n) is 2.08. The van der Waals surface area contributed by atoms with Gasteiger partial charge < -0.3 is 10.1 Å². The maximum Gasteiger partial charge on any atom is 0.124 e. The summed E-state index contributed by atoms with van der Waals surface area (Å²) in [5.74, 6) is 0.833. The minimum absolute atomic E-state index is 0.344. The van der Waals surface area contributed by atoms with Crippen LogP contribution < -0.4 is 10.1 Å². The van der Waals surface area contributed by atoms with Crippen molar-refractivity contribution in [3.05, 3.63) is 62.0 Å². The summed E-state index contributed by atoms with van der Waals surface area (Å²) < 4.78 is 7.01. The van der Waals surface area contributed by atoms with E-state index in [1.165, 1.54) is 0 Å². The first-order valence-corrected chi connectivity index (χ1v) is 9.13. The largest absolute Gasteiger partial charge is 0.488 e. The van der Waals surface area contributed by atoms with E-state index in [1.54, 1.807) is 0 Å². The Morgan fingerprint density at radius 3 is 2.52 bits per heavy atom. The predicted molar refractivity (Wildman–Crippen MR) is 102 cm³/mol. The standard InChI is InChI=1S/C18H20BrCl2NO/c1-3-12(2)22-10-13-9-14(19)7-8-18(13)23-11-15-16(20)5-4-6-17(15)21/h4-9,12,22H,3,10-11H2,1-2H3. The van der Waals surface area contributed by atoms with Gasteiger partial charge in [0.15, 0.2) is 0 Å². The smallest absolute Gasteiger partial charge is 0.124 e. The van der Waals surface area contributed by atoms with Crippen LogP contribution in [0, 0.1) is 0 Å². The fraction of sp³-hybridized carbons (Fsp3) is 0.333. The molecular formula is C18H20BrCl2NO. The second kappa shape index (κ2) is 8.93. The molecule has 0 aliphatic carbocycles. The summed E-state index contributed by atoms with van der Waals surface area (Å²) in [6.45, 7) is 5.42. The van der Waals surface area contributed by atoms with Crippen LogP contribution in [0.25, 0.3) is 0 Å². The van der Waals surface area contributed by atoms with Gasteiger partial charge in [-0.15, -0.1) is 0 Å². The van der Waals surface area contributed by atoms with Gasteiger partial charge in [0.05, 0.1) is 0 Å². The van der Waals surface area contributed by atoms with Crippen molar-refractivity contribution in [1.82, 2.24) is 5.32 Å². The molecule has 0 fully saturated rings. The van der Waals surface area contributed by atoms with E-state index < -0.39 is 0 Å². The molecule has 0 heterocycles. The predicted octanol–water partition coefficient (Wildman–Crippen LogP) is 6.22. The van der Waals surface area contributed by atoms with Crippen LogP contribution in [0.3, 0.4) is 0 Å². The zero-order valence-electron chi connectivity index (χ0n) is 13.2. The van der Waals surface area contributed by atoms with Gasteiger partial charge >= 0.3 is 0 Å². The van der Waals surface area contributed by atoms with Crippen LogP contribution >= 0.6 is 39.1 Å². The normalized spacial score (nSPS) is 12.2. The second-order valence-corrected chi connectivity index (χ2v) is 7.16. The van der Waals surface area contributed by atoms with E-state index >= 15 is 0 Å². The molecule has 0 spiro atoms. The Labute approximate surface area is 156 Å². The molecule has 0 aromatic heterocycles. The van der Waals surface area contributed by atoms with Crippen molar-refractivity contribution in [3.8, 4) is 5.75 Å². The van der Waals surface area contributed by atoms with E-state index in [4.69, 9.17) is 27.9 Å². The SMILES string of the molecule is CCC(C)NCc1cc(Br)ccc1OCc1c(Cl)cccc1Cl. The van der Waals surface area contributed by atoms with Gasteiger partial charge in [0.25, 0.3) is 0 Å². The van der Waals surface area contributed by atoms with Crippen LogP contribution in [0.2, 0.25) is 10.0 Å². The molecule has 0 amide bonds. The molecule has 0 aliphatic heterocycles. The zero-order chi connectivity index (χ0) is 16.8. The average molecular weight is 417 g/mol. The zero-order valence-corrected chi connectivity index (χ0v) is 16.3. The molecule has 0 bridgehead atoms. The highest BCUT2D eigenvalue weighted by Gasteiger charge is 2.10. The van der Waals surface area contributed by atoms with Crippen LogP contribution in [0.15, 0.2) is 40.9 Å². The first-order chi connectivity index (χ1) is 11.0. The first-order valence-electron chi connectivity index (χ1n) is 7.58. The van der Waals surface area contributed by atoms with E-state index in [1.807, 2.05) is 30.3 Å². The van der Waals surface area contributed by atoms with Crippen LogP contribution in [-0.4, -0.2) is 6.04 Å². The molecule has 1 N–H and O–H groups in total. The van der Waals surface area contributed by atoms with Crippen molar-refractivity contribution in [2.75, 3.05) is 0 Å².